The molecule has 1 aliphatic rings. The van der Waals surface area contributed by atoms with E-state index in [9.17, 15) is 18.0 Å². The molecule has 27 heavy (non-hydrogen) atoms. The Labute approximate surface area is 158 Å². The Morgan fingerprint density at radius 1 is 1.22 bits per heavy atom. The number of nitrogens with two attached hydrogens (primary N) is 2. The Morgan fingerprint density at radius 3 is 2.63 bits per heavy atom. The maximum atomic E-state index is 13.4. The molecule has 150 valence electrons. The van der Waals surface area contributed by atoms with Crippen molar-refractivity contribution in [1.82, 2.24) is 9.97 Å². The molecule has 0 aromatic carbocycles. The fourth-order valence-corrected chi connectivity index (χ4v) is 3.21. The molecule has 2 unspecified atom stereocenters. The van der Waals surface area contributed by atoms with Gasteiger partial charge in [-0.15, -0.1) is 0 Å². The number of carbonyl (C=O) groups is 1. The van der Waals surface area contributed by atoms with Crippen molar-refractivity contribution in [2.75, 3.05) is 11.1 Å². The summed E-state index contributed by atoms with van der Waals surface area (Å²) in [5, 5.41) is 3.07. The number of hydrogen-bond donors (Lipinski definition) is 3. The van der Waals surface area contributed by atoms with Gasteiger partial charge in [0.15, 0.2) is 0 Å². The highest BCUT2D eigenvalue weighted by atomic mass is 19.4. The van der Waals surface area contributed by atoms with Crippen LogP contribution < -0.4 is 16.8 Å². The van der Waals surface area contributed by atoms with Gasteiger partial charge in [0.1, 0.15) is 17.3 Å². The molecule has 0 bridgehead atoms. The van der Waals surface area contributed by atoms with Crippen molar-refractivity contribution >= 4 is 17.4 Å². The molecule has 3 rings (SSSR count). The third-order valence-corrected chi connectivity index (χ3v) is 4.65. The summed E-state index contributed by atoms with van der Waals surface area (Å²) in [4.78, 5) is 20.4. The Kier molecular flexibility index (Phi) is 5.31. The lowest BCUT2D eigenvalue weighted by atomic mass is 9.91. The molecule has 0 amide bonds. The van der Waals surface area contributed by atoms with Crippen LogP contribution in [0.4, 0.5) is 24.8 Å². The van der Waals surface area contributed by atoms with Gasteiger partial charge in [-0.3, -0.25) is 4.79 Å². The average molecular weight is 385 g/mol. The summed E-state index contributed by atoms with van der Waals surface area (Å²) in [5.41, 5.74) is 9.77. The Hall–Kier alpha value is -2.68. The van der Waals surface area contributed by atoms with E-state index >= 15 is 0 Å². The minimum absolute atomic E-state index is 0. The van der Waals surface area contributed by atoms with Crippen LogP contribution in [-0.2, 0) is 6.18 Å². The van der Waals surface area contributed by atoms with Crippen LogP contribution in [0.1, 0.15) is 51.6 Å². The zero-order valence-corrected chi connectivity index (χ0v) is 14.5. The van der Waals surface area contributed by atoms with Crippen molar-refractivity contribution in [2.45, 2.75) is 43.9 Å². The maximum Gasteiger partial charge on any atom is 0.418 e. The van der Waals surface area contributed by atoms with E-state index in [4.69, 9.17) is 11.5 Å². The van der Waals surface area contributed by atoms with Gasteiger partial charge in [-0.2, -0.15) is 13.2 Å². The first kappa shape index (κ1) is 19.1. The number of hydrogen-bond acceptors (Lipinski definition) is 6. The molecule has 0 spiro atoms. The second-order valence-corrected chi connectivity index (χ2v) is 6.55. The van der Waals surface area contributed by atoms with E-state index in [1.54, 1.807) is 0 Å². The normalized spacial score (nSPS) is 20.3. The van der Waals surface area contributed by atoms with Gasteiger partial charge in [-0.05, 0) is 37.1 Å². The summed E-state index contributed by atoms with van der Waals surface area (Å²) in [5.74, 6) is -0.897. The Balaban J connectivity index is 0.00000280. The second kappa shape index (κ2) is 7.51. The minimum Gasteiger partial charge on any atom is -0.383 e. The van der Waals surface area contributed by atoms with Crippen molar-refractivity contribution in [3.63, 3.8) is 0 Å². The molecule has 2 aromatic rings. The first-order valence-corrected chi connectivity index (χ1v) is 8.63. The second-order valence-electron chi connectivity index (χ2n) is 6.55. The van der Waals surface area contributed by atoms with Gasteiger partial charge >= 0.3 is 6.18 Å². The van der Waals surface area contributed by atoms with Gasteiger partial charge in [-0.1, -0.05) is 12.8 Å². The van der Waals surface area contributed by atoms with Gasteiger partial charge in [-0.25, -0.2) is 9.97 Å². The van der Waals surface area contributed by atoms with E-state index < -0.39 is 23.2 Å². The molecule has 5 N–H and O–H groups in total. The quantitative estimate of drug-likeness (QED) is 0.693. The third kappa shape index (κ3) is 4.19. The first-order chi connectivity index (χ1) is 12.8. The van der Waals surface area contributed by atoms with E-state index in [0.717, 1.165) is 31.7 Å². The average Bonchev–Trinajstić information content (AvgIpc) is 2.62. The third-order valence-electron chi connectivity index (χ3n) is 4.65. The largest absolute Gasteiger partial charge is 0.418 e. The van der Waals surface area contributed by atoms with Gasteiger partial charge in [0.25, 0.3) is 0 Å². The lowest BCUT2D eigenvalue weighted by Gasteiger charge is -2.30. The number of anilines is 2. The van der Waals surface area contributed by atoms with E-state index in [1.165, 1.54) is 24.4 Å². The van der Waals surface area contributed by atoms with Crippen molar-refractivity contribution in [3.05, 3.63) is 47.3 Å². The SMILES string of the molecule is Nc1ncccc1C(=O)c1nc(NC2CCCCC2N)ccc1C(F)(F)F.[HH].[HH].[HH]. The highest BCUT2D eigenvalue weighted by Gasteiger charge is 2.37. The highest BCUT2D eigenvalue weighted by Crippen LogP contribution is 2.33. The number of nitrogens with zero attached hydrogens (tertiary/aromatic N) is 2. The van der Waals surface area contributed by atoms with Gasteiger partial charge < -0.3 is 16.8 Å². The van der Waals surface area contributed by atoms with E-state index in [0.29, 0.717) is 0 Å². The molecule has 2 heterocycles. The van der Waals surface area contributed by atoms with Crippen LogP contribution in [-0.4, -0.2) is 27.8 Å². The van der Waals surface area contributed by atoms with Crippen LogP contribution >= 0.6 is 0 Å². The number of ketones is 1. The summed E-state index contributed by atoms with van der Waals surface area (Å²) < 4.78 is 40.2. The summed E-state index contributed by atoms with van der Waals surface area (Å²) >= 11 is 0. The molecule has 0 aliphatic heterocycles. The van der Waals surface area contributed by atoms with Crippen LogP contribution in [0.25, 0.3) is 0 Å². The number of carbonyl (C=O) groups excluding carboxylic acids is 1. The molecule has 0 saturated heterocycles. The molecule has 1 saturated carbocycles. The standard InChI is InChI=1S/C18H20F3N5O.3H2/c19-18(20,21)11-7-8-14(25-13-6-2-1-5-12(13)22)26-15(11)16(27)10-4-3-9-24-17(10)23;;;/h3-4,7-9,12-13H,1-2,5-6,22H2,(H2,23,24)(H,25,26);3*1H. The minimum atomic E-state index is -4.73. The highest BCUT2D eigenvalue weighted by molar-refractivity contribution is 6.11. The molecule has 2 atom stereocenters. The summed E-state index contributed by atoms with van der Waals surface area (Å²) in [6.07, 6.45) is 0.244. The van der Waals surface area contributed by atoms with Crippen LogP contribution in [0.5, 0.6) is 0 Å². The smallest absolute Gasteiger partial charge is 0.383 e. The van der Waals surface area contributed by atoms with Crippen LogP contribution in [0, 0.1) is 0 Å². The Bertz CT molecular complexity index is 854. The molecule has 1 fully saturated rings. The van der Waals surface area contributed by atoms with Gasteiger partial charge in [0, 0.05) is 22.6 Å². The molecule has 0 radical (unpaired) electrons. The van der Waals surface area contributed by atoms with Gasteiger partial charge in [0.2, 0.25) is 5.78 Å². The lowest BCUT2D eigenvalue weighted by molar-refractivity contribution is -0.138. The van der Waals surface area contributed by atoms with Crippen molar-refractivity contribution in [3.8, 4) is 0 Å². The monoisotopic (exact) mass is 385 g/mol. The van der Waals surface area contributed by atoms with Gasteiger partial charge in [0.05, 0.1) is 11.1 Å². The maximum absolute atomic E-state index is 13.4. The summed E-state index contributed by atoms with van der Waals surface area (Å²) in [6, 6.07) is 4.60. The molecular formula is C18H26F3N5O. The van der Waals surface area contributed by atoms with E-state index in [2.05, 4.69) is 15.3 Å². The predicted octanol–water partition coefficient (Wildman–Crippen LogP) is 3.73. The van der Waals surface area contributed by atoms with Crippen molar-refractivity contribution in [1.29, 1.82) is 0 Å². The lowest BCUT2D eigenvalue weighted by Crippen LogP contribution is -2.42. The van der Waals surface area contributed by atoms with Crippen LogP contribution in [0.15, 0.2) is 30.5 Å². The van der Waals surface area contributed by atoms with Crippen LogP contribution in [0.2, 0.25) is 0 Å². The van der Waals surface area contributed by atoms with E-state index in [-0.39, 0.29) is 33.6 Å². The number of nitrogen functional groups attached to an aromatic ring is 1. The number of rotatable bonds is 4. The summed E-state index contributed by atoms with van der Waals surface area (Å²) in [6.45, 7) is 0. The number of halogens is 3. The number of aromatic nitrogens is 2. The zero-order chi connectivity index (χ0) is 19.6. The number of nitrogens with one attached hydrogen (secondary N) is 1. The fourth-order valence-electron chi connectivity index (χ4n) is 3.21. The molecule has 1 aliphatic carbocycles. The summed E-state index contributed by atoms with van der Waals surface area (Å²) in [7, 11) is 0. The van der Waals surface area contributed by atoms with E-state index in [1.807, 2.05) is 0 Å². The zero-order valence-electron chi connectivity index (χ0n) is 14.5. The van der Waals surface area contributed by atoms with Crippen molar-refractivity contribution in [2.24, 2.45) is 5.73 Å². The molecule has 9 heteroatoms. The molecule has 2 aromatic heterocycles. The fraction of sp³-hybridized carbons (Fsp3) is 0.389. The van der Waals surface area contributed by atoms with Crippen molar-refractivity contribution < 1.29 is 22.2 Å². The molecular weight excluding hydrogens is 359 g/mol. The topological polar surface area (TPSA) is 107 Å². The van der Waals surface area contributed by atoms with Crippen LogP contribution in [0.3, 0.4) is 0 Å². The number of alkyl halides is 3. The number of pyridine rings is 2. The molecule has 6 nitrogen and oxygen atoms in total. The predicted molar refractivity (Wildman–Crippen MR) is 102 cm³/mol. The first-order valence-electron chi connectivity index (χ1n) is 8.63. The Morgan fingerprint density at radius 2 is 1.96 bits per heavy atom.